The maximum absolute atomic E-state index is 5.01. The Hall–Kier alpha value is -0.300. The maximum Gasteiger partial charge on any atom is 0.0844 e. The molecule has 0 radical (unpaired) electrons. The summed E-state index contributed by atoms with van der Waals surface area (Å²) in [6, 6.07) is 0. The van der Waals surface area contributed by atoms with Crippen LogP contribution in [0, 0.1) is 0 Å². The standard InChI is InChI=1S/C7H12O/c1-6(2)3-4-7-5-8-7/h3,7H,4-5H2,1-2H3. The third-order valence-corrected chi connectivity index (χ3v) is 1.19. The monoisotopic (exact) mass is 112 g/mol. The highest BCUT2D eigenvalue weighted by Crippen LogP contribution is 2.14. The van der Waals surface area contributed by atoms with Crippen LogP contribution in [0.2, 0.25) is 0 Å². The summed E-state index contributed by atoms with van der Waals surface area (Å²) in [5.41, 5.74) is 1.39. The Morgan fingerprint density at radius 1 is 1.75 bits per heavy atom. The summed E-state index contributed by atoms with van der Waals surface area (Å²) in [5.74, 6) is 0. The SMILES string of the molecule is CC(C)=CCC1CO1. The molecule has 1 rings (SSSR count). The Labute approximate surface area is 50.3 Å². The van der Waals surface area contributed by atoms with E-state index in [9.17, 15) is 0 Å². The molecular weight excluding hydrogens is 100 g/mol. The fraction of sp³-hybridized carbons (Fsp3) is 0.714. The van der Waals surface area contributed by atoms with Crippen molar-refractivity contribution >= 4 is 0 Å². The molecule has 0 aromatic rings. The van der Waals surface area contributed by atoms with Gasteiger partial charge < -0.3 is 4.74 Å². The average molecular weight is 112 g/mol. The quantitative estimate of drug-likeness (QED) is 0.391. The summed E-state index contributed by atoms with van der Waals surface area (Å²) in [4.78, 5) is 0. The van der Waals surface area contributed by atoms with Gasteiger partial charge in [0, 0.05) is 0 Å². The molecular formula is C7H12O. The minimum absolute atomic E-state index is 0.560. The molecule has 0 amide bonds. The van der Waals surface area contributed by atoms with Gasteiger partial charge in [-0.25, -0.2) is 0 Å². The van der Waals surface area contributed by atoms with Gasteiger partial charge in [-0.2, -0.15) is 0 Å². The molecule has 0 aromatic carbocycles. The van der Waals surface area contributed by atoms with E-state index in [0.717, 1.165) is 13.0 Å². The van der Waals surface area contributed by atoms with Gasteiger partial charge in [0.25, 0.3) is 0 Å². The van der Waals surface area contributed by atoms with E-state index < -0.39 is 0 Å². The molecule has 8 heavy (non-hydrogen) atoms. The van der Waals surface area contributed by atoms with Crippen molar-refractivity contribution in [3.63, 3.8) is 0 Å². The van der Waals surface area contributed by atoms with E-state index in [1.165, 1.54) is 5.57 Å². The van der Waals surface area contributed by atoms with E-state index in [4.69, 9.17) is 4.74 Å². The molecule has 1 heterocycles. The number of epoxide rings is 1. The first-order valence-corrected chi connectivity index (χ1v) is 3.04. The van der Waals surface area contributed by atoms with Crippen LogP contribution in [0.15, 0.2) is 11.6 Å². The molecule has 46 valence electrons. The largest absolute Gasteiger partial charge is 0.373 e. The zero-order valence-electron chi connectivity index (χ0n) is 5.48. The van der Waals surface area contributed by atoms with E-state index in [2.05, 4.69) is 19.9 Å². The zero-order chi connectivity index (χ0) is 5.98. The van der Waals surface area contributed by atoms with Crippen LogP contribution in [0.5, 0.6) is 0 Å². The van der Waals surface area contributed by atoms with Gasteiger partial charge in [-0.3, -0.25) is 0 Å². The number of hydrogen-bond acceptors (Lipinski definition) is 1. The second-order valence-corrected chi connectivity index (χ2v) is 2.47. The lowest BCUT2D eigenvalue weighted by Gasteiger charge is -1.85. The zero-order valence-corrected chi connectivity index (χ0v) is 5.48. The van der Waals surface area contributed by atoms with Crippen LogP contribution < -0.4 is 0 Å². The predicted molar refractivity (Wildman–Crippen MR) is 33.8 cm³/mol. The number of rotatable bonds is 2. The fourth-order valence-electron chi connectivity index (χ4n) is 0.571. The lowest BCUT2D eigenvalue weighted by molar-refractivity contribution is 0.410. The van der Waals surface area contributed by atoms with Crippen LogP contribution in [0.3, 0.4) is 0 Å². The lowest BCUT2D eigenvalue weighted by Crippen LogP contribution is -1.79. The van der Waals surface area contributed by atoms with Gasteiger partial charge in [-0.1, -0.05) is 11.6 Å². The highest BCUT2D eigenvalue weighted by Gasteiger charge is 2.19. The molecule has 1 unspecified atom stereocenters. The van der Waals surface area contributed by atoms with Crippen LogP contribution in [0.25, 0.3) is 0 Å². The summed E-state index contributed by atoms with van der Waals surface area (Å²) in [7, 11) is 0. The Kier molecular flexibility index (Phi) is 1.69. The van der Waals surface area contributed by atoms with Crippen molar-refractivity contribution in [1.82, 2.24) is 0 Å². The van der Waals surface area contributed by atoms with Crippen molar-refractivity contribution in [3.05, 3.63) is 11.6 Å². The first kappa shape index (κ1) is 5.83. The summed E-state index contributed by atoms with van der Waals surface area (Å²) < 4.78 is 5.01. The highest BCUT2D eigenvalue weighted by molar-refractivity contribution is 4.96. The smallest absolute Gasteiger partial charge is 0.0844 e. The topological polar surface area (TPSA) is 12.5 Å². The van der Waals surface area contributed by atoms with Gasteiger partial charge in [-0.15, -0.1) is 0 Å². The van der Waals surface area contributed by atoms with Gasteiger partial charge in [0.1, 0.15) is 0 Å². The molecule has 1 aliphatic heterocycles. The summed E-state index contributed by atoms with van der Waals surface area (Å²) >= 11 is 0. The van der Waals surface area contributed by atoms with Crippen molar-refractivity contribution in [2.24, 2.45) is 0 Å². The lowest BCUT2D eigenvalue weighted by atomic mass is 10.2. The van der Waals surface area contributed by atoms with E-state index >= 15 is 0 Å². The van der Waals surface area contributed by atoms with Crippen LogP contribution in [0.1, 0.15) is 20.3 Å². The third kappa shape index (κ3) is 2.12. The van der Waals surface area contributed by atoms with E-state index in [-0.39, 0.29) is 0 Å². The van der Waals surface area contributed by atoms with E-state index in [0.29, 0.717) is 6.10 Å². The average Bonchev–Trinajstić information content (AvgIpc) is 2.41. The Balaban J connectivity index is 2.10. The predicted octanol–water partition coefficient (Wildman–Crippen LogP) is 1.74. The van der Waals surface area contributed by atoms with Crippen molar-refractivity contribution in [2.75, 3.05) is 6.61 Å². The molecule has 0 N–H and O–H groups in total. The molecule has 1 aliphatic rings. The summed E-state index contributed by atoms with van der Waals surface area (Å²) in [6.45, 7) is 5.20. The molecule has 0 saturated carbocycles. The van der Waals surface area contributed by atoms with E-state index in [1.54, 1.807) is 0 Å². The Bertz CT molecular complexity index is 97.0. The minimum Gasteiger partial charge on any atom is -0.373 e. The van der Waals surface area contributed by atoms with Gasteiger partial charge in [0.05, 0.1) is 12.7 Å². The van der Waals surface area contributed by atoms with Crippen molar-refractivity contribution in [1.29, 1.82) is 0 Å². The molecule has 1 fully saturated rings. The number of allylic oxidation sites excluding steroid dienone is 1. The molecule has 0 bridgehead atoms. The molecule has 0 aromatic heterocycles. The van der Waals surface area contributed by atoms with Crippen molar-refractivity contribution in [2.45, 2.75) is 26.4 Å². The number of ether oxygens (including phenoxy) is 1. The van der Waals surface area contributed by atoms with Gasteiger partial charge in [-0.05, 0) is 20.3 Å². The first-order chi connectivity index (χ1) is 3.79. The van der Waals surface area contributed by atoms with Crippen LogP contribution >= 0.6 is 0 Å². The van der Waals surface area contributed by atoms with Crippen molar-refractivity contribution in [3.8, 4) is 0 Å². The van der Waals surface area contributed by atoms with Gasteiger partial charge >= 0.3 is 0 Å². The summed E-state index contributed by atoms with van der Waals surface area (Å²) in [6.07, 6.45) is 3.89. The fourth-order valence-corrected chi connectivity index (χ4v) is 0.571. The minimum atomic E-state index is 0.560. The molecule has 0 spiro atoms. The highest BCUT2D eigenvalue weighted by atomic mass is 16.6. The third-order valence-electron chi connectivity index (χ3n) is 1.19. The van der Waals surface area contributed by atoms with Gasteiger partial charge in [0.15, 0.2) is 0 Å². The molecule has 1 heteroatoms. The molecule has 1 atom stereocenters. The van der Waals surface area contributed by atoms with Crippen LogP contribution in [-0.4, -0.2) is 12.7 Å². The maximum atomic E-state index is 5.01. The van der Waals surface area contributed by atoms with Crippen LogP contribution in [0.4, 0.5) is 0 Å². The van der Waals surface area contributed by atoms with Gasteiger partial charge in [0.2, 0.25) is 0 Å². The molecule has 1 saturated heterocycles. The second kappa shape index (κ2) is 2.31. The van der Waals surface area contributed by atoms with E-state index in [1.807, 2.05) is 0 Å². The number of hydrogen-bond donors (Lipinski definition) is 0. The van der Waals surface area contributed by atoms with Crippen molar-refractivity contribution < 1.29 is 4.74 Å². The second-order valence-electron chi connectivity index (χ2n) is 2.47. The molecule has 1 nitrogen and oxygen atoms in total. The first-order valence-electron chi connectivity index (χ1n) is 3.04. The summed E-state index contributed by atoms with van der Waals surface area (Å²) in [5, 5.41) is 0. The normalized spacial score (nSPS) is 25.0. The van der Waals surface area contributed by atoms with Crippen LogP contribution in [-0.2, 0) is 4.74 Å². The Morgan fingerprint density at radius 3 is 2.75 bits per heavy atom. The Morgan fingerprint density at radius 2 is 2.38 bits per heavy atom. The molecule has 0 aliphatic carbocycles.